The molecule has 0 unspecified atom stereocenters. The van der Waals surface area contributed by atoms with Crippen LogP contribution in [0.25, 0.3) is 0 Å². The van der Waals surface area contributed by atoms with Gasteiger partial charge in [-0.3, -0.25) is 9.59 Å². The molecule has 1 aliphatic heterocycles. The number of amides is 1. The molecule has 3 N–H and O–H groups in total. The van der Waals surface area contributed by atoms with Gasteiger partial charge in [0.1, 0.15) is 12.2 Å². The van der Waals surface area contributed by atoms with Gasteiger partial charge in [-0.1, -0.05) is 18.6 Å². The number of alkyl halides is 1. The van der Waals surface area contributed by atoms with Crippen molar-refractivity contribution in [1.29, 1.82) is 0 Å². The summed E-state index contributed by atoms with van der Waals surface area (Å²) < 4.78 is 23.1. The van der Waals surface area contributed by atoms with E-state index < -0.39 is 40.9 Å². The number of carbonyl (C=O) groups is 2. The summed E-state index contributed by atoms with van der Waals surface area (Å²) in [4.78, 5) is 23.1. The van der Waals surface area contributed by atoms with Crippen LogP contribution < -0.4 is 5.43 Å². The van der Waals surface area contributed by atoms with Crippen LogP contribution >= 0.6 is 0 Å². The number of nitrogens with one attached hydrogen (secondary N) is 1. The van der Waals surface area contributed by atoms with Crippen molar-refractivity contribution in [1.82, 2.24) is 5.43 Å². The lowest BCUT2D eigenvalue weighted by molar-refractivity contribution is -0.179. The second-order valence-electron chi connectivity index (χ2n) is 9.67. The van der Waals surface area contributed by atoms with Gasteiger partial charge in [-0.25, -0.2) is 9.82 Å². The summed E-state index contributed by atoms with van der Waals surface area (Å²) in [6.45, 7) is 3.13. The first-order valence-electron chi connectivity index (χ1n) is 10.6. The number of halogens is 1. The Morgan fingerprint density at radius 2 is 2.23 bits per heavy atom. The maximum Gasteiger partial charge on any atom is 0.227 e. The molecule has 5 aliphatic rings. The summed E-state index contributed by atoms with van der Waals surface area (Å²) in [6, 6.07) is 0. The van der Waals surface area contributed by atoms with E-state index >= 15 is 4.39 Å². The Kier molecular flexibility index (Phi) is 4.06. The number of epoxide rings is 1. The van der Waals surface area contributed by atoms with Crippen molar-refractivity contribution in [3.63, 3.8) is 0 Å². The van der Waals surface area contributed by atoms with Crippen molar-refractivity contribution < 1.29 is 28.9 Å². The molecule has 3 saturated carbocycles. The number of rotatable bonds is 4. The minimum Gasteiger partial charge on any atom is -0.390 e. The van der Waals surface area contributed by atoms with Gasteiger partial charge in [0.05, 0.1) is 11.8 Å². The first-order chi connectivity index (χ1) is 14.2. The molecule has 1 amide bonds. The van der Waals surface area contributed by atoms with E-state index in [-0.39, 0.29) is 24.0 Å². The lowest BCUT2D eigenvalue weighted by Crippen LogP contribution is -2.66. The number of aliphatic hydroxyl groups excluding tert-OH is 2. The fourth-order valence-electron chi connectivity index (χ4n) is 7.43. The Bertz CT molecular complexity index is 917. The molecule has 5 rings (SSSR count). The van der Waals surface area contributed by atoms with Crippen LogP contribution in [0.4, 0.5) is 4.39 Å². The number of fused-ring (bicyclic) bond motifs is 4. The molecule has 0 aromatic rings. The smallest absolute Gasteiger partial charge is 0.227 e. The molecule has 8 atom stereocenters. The fraction of sp³-hybridized carbons (Fsp3) is 0.682. The molecule has 0 aromatic carbocycles. The third-order valence-electron chi connectivity index (χ3n) is 8.74. The molecule has 162 valence electrons. The largest absolute Gasteiger partial charge is 0.390 e. The van der Waals surface area contributed by atoms with Crippen LogP contribution in [0.1, 0.15) is 39.5 Å². The highest BCUT2D eigenvalue weighted by Crippen LogP contribution is 2.76. The molecular formula is C22H27FN2O5. The van der Waals surface area contributed by atoms with Crippen molar-refractivity contribution in [2.24, 2.45) is 28.3 Å². The molecule has 0 radical (unpaired) electrons. The van der Waals surface area contributed by atoms with Crippen molar-refractivity contribution in [3.8, 4) is 0 Å². The summed E-state index contributed by atoms with van der Waals surface area (Å²) in [6.07, 6.45) is 6.23. The van der Waals surface area contributed by atoms with E-state index in [0.717, 1.165) is 5.57 Å². The fourth-order valence-corrected chi connectivity index (χ4v) is 7.43. The van der Waals surface area contributed by atoms with Gasteiger partial charge >= 0.3 is 0 Å². The molecule has 4 fully saturated rings. The zero-order valence-corrected chi connectivity index (χ0v) is 17.1. The van der Waals surface area contributed by atoms with E-state index in [1.54, 1.807) is 18.2 Å². The summed E-state index contributed by atoms with van der Waals surface area (Å²) in [5, 5.41) is 24.6. The maximum atomic E-state index is 17.0. The predicted octanol–water partition coefficient (Wildman–Crippen LogP) is 1.20. The summed E-state index contributed by atoms with van der Waals surface area (Å²) in [5.74, 6) is -1.14. The second-order valence-corrected chi connectivity index (χ2v) is 9.67. The zero-order valence-electron chi connectivity index (χ0n) is 17.1. The standard InChI is InChI=1S/C22H27FN2O5/c1-12-7-16-15-4-3-13-8-14(25-24-11-27)5-6-19(13,2)21(15,23)17(28)9-20(16)22(12,30-20)18(29)10-26/h5-6,8,11-12,15-17,26,28H,3-4,7,9-10H2,1-2H3,(H,24,27)/b25-14+/t12-,15+,16+,17+,19+,20-,21+,22+/m1/s1. The molecule has 0 aromatic heterocycles. The molecular weight excluding hydrogens is 391 g/mol. The third-order valence-corrected chi connectivity index (χ3v) is 8.74. The zero-order chi connectivity index (χ0) is 21.5. The Morgan fingerprint density at radius 1 is 1.47 bits per heavy atom. The van der Waals surface area contributed by atoms with E-state index in [4.69, 9.17) is 4.74 Å². The number of hydrazone groups is 1. The average Bonchev–Trinajstić information content (AvgIpc) is 3.33. The second kappa shape index (κ2) is 6.08. The highest BCUT2D eigenvalue weighted by molar-refractivity contribution is 6.06. The minimum atomic E-state index is -1.91. The SMILES string of the molecule is C[C@@H]1C[C@H]2[C@@H]3CCC4=C/C(=N/NC=O)C=C[C@]4(C)[C@@]3(F)[C@@H](O)C[C@@]23O[C@]13C(=O)CO. The molecule has 4 aliphatic carbocycles. The quantitative estimate of drug-likeness (QED) is 0.361. The third kappa shape index (κ3) is 2.03. The van der Waals surface area contributed by atoms with Crippen LogP contribution in [0, 0.1) is 23.2 Å². The molecule has 8 heteroatoms. The molecule has 0 bridgehead atoms. The molecule has 1 heterocycles. The lowest BCUT2D eigenvalue weighted by atomic mass is 9.48. The Balaban J connectivity index is 1.55. The summed E-state index contributed by atoms with van der Waals surface area (Å²) in [7, 11) is 0. The minimum absolute atomic E-state index is 0.0467. The van der Waals surface area contributed by atoms with Gasteiger partial charge in [0, 0.05) is 17.8 Å². The first kappa shape index (κ1) is 20.0. The highest BCUT2D eigenvalue weighted by Gasteiger charge is 2.87. The predicted molar refractivity (Wildman–Crippen MR) is 105 cm³/mol. The molecule has 1 spiro atoms. The van der Waals surface area contributed by atoms with Crippen LogP contribution in [0.2, 0.25) is 0 Å². The first-order valence-corrected chi connectivity index (χ1v) is 10.6. The van der Waals surface area contributed by atoms with Crippen LogP contribution in [0.15, 0.2) is 28.9 Å². The van der Waals surface area contributed by atoms with Gasteiger partial charge in [0.25, 0.3) is 0 Å². The van der Waals surface area contributed by atoms with Crippen molar-refractivity contribution in [3.05, 3.63) is 23.8 Å². The van der Waals surface area contributed by atoms with E-state index in [2.05, 4.69) is 10.5 Å². The molecule has 7 nitrogen and oxygen atoms in total. The number of allylic oxidation sites excluding steroid dienone is 4. The normalized spacial score (nSPS) is 51.9. The van der Waals surface area contributed by atoms with Crippen LogP contribution in [-0.4, -0.2) is 57.7 Å². The van der Waals surface area contributed by atoms with Gasteiger partial charge in [0.2, 0.25) is 6.41 Å². The van der Waals surface area contributed by atoms with Crippen molar-refractivity contribution in [2.75, 3.05) is 6.61 Å². The van der Waals surface area contributed by atoms with Crippen molar-refractivity contribution in [2.45, 2.75) is 62.5 Å². The Labute approximate surface area is 174 Å². The van der Waals surface area contributed by atoms with E-state index in [1.807, 2.05) is 13.8 Å². The molecule has 30 heavy (non-hydrogen) atoms. The van der Waals surface area contributed by atoms with Crippen LogP contribution in [-0.2, 0) is 14.3 Å². The van der Waals surface area contributed by atoms with E-state index in [1.165, 1.54) is 0 Å². The van der Waals surface area contributed by atoms with E-state index in [9.17, 15) is 19.8 Å². The number of aliphatic hydroxyl groups is 2. The van der Waals surface area contributed by atoms with Crippen molar-refractivity contribution >= 4 is 17.9 Å². The number of nitrogens with zero attached hydrogens (tertiary/aromatic N) is 1. The summed E-state index contributed by atoms with van der Waals surface area (Å²) in [5.41, 5.74) is -1.24. The van der Waals surface area contributed by atoms with Gasteiger partial charge in [-0.15, -0.1) is 0 Å². The van der Waals surface area contributed by atoms with Crippen LogP contribution in [0.5, 0.6) is 0 Å². The van der Waals surface area contributed by atoms with Gasteiger partial charge in [-0.2, -0.15) is 5.10 Å². The number of ether oxygens (including phenoxy) is 1. The van der Waals surface area contributed by atoms with Gasteiger partial charge in [0.15, 0.2) is 17.1 Å². The topological polar surface area (TPSA) is 112 Å². The number of hydrogen-bond donors (Lipinski definition) is 3. The van der Waals surface area contributed by atoms with E-state index in [0.29, 0.717) is 31.4 Å². The average molecular weight is 418 g/mol. The van der Waals surface area contributed by atoms with Gasteiger partial charge in [-0.05, 0) is 50.2 Å². The van der Waals surface area contributed by atoms with Gasteiger partial charge < -0.3 is 14.9 Å². The molecule has 1 saturated heterocycles. The number of hydrogen-bond acceptors (Lipinski definition) is 6. The maximum absolute atomic E-state index is 17.0. The number of Topliss-reactive ketones (excluding diaryl/α,β-unsaturated/α-hetero) is 1. The Morgan fingerprint density at radius 3 is 2.93 bits per heavy atom. The van der Waals surface area contributed by atoms with Crippen LogP contribution in [0.3, 0.4) is 0 Å². The number of carbonyl (C=O) groups excluding carboxylic acids is 2. The lowest BCUT2D eigenvalue weighted by Gasteiger charge is -2.59. The highest BCUT2D eigenvalue weighted by atomic mass is 19.1. The monoisotopic (exact) mass is 418 g/mol. The summed E-state index contributed by atoms with van der Waals surface area (Å²) >= 11 is 0. The number of ketones is 1. The Hall–Kier alpha value is -1.90.